The van der Waals surface area contributed by atoms with E-state index >= 15 is 0 Å². The van der Waals surface area contributed by atoms with Crippen molar-refractivity contribution in [1.29, 1.82) is 0 Å². The van der Waals surface area contributed by atoms with Crippen LogP contribution in [-0.2, 0) is 21.2 Å². The first-order chi connectivity index (χ1) is 13.7. The van der Waals surface area contributed by atoms with Crippen LogP contribution in [0.1, 0.15) is 19.4 Å². The fourth-order valence-electron chi connectivity index (χ4n) is 2.70. The second-order valence-corrected chi connectivity index (χ2v) is 8.27. The molecule has 0 radical (unpaired) electrons. The number of carbonyl (C=O) groups is 1. The van der Waals surface area contributed by atoms with Crippen molar-refractivity contribution in [2.75, 3.05) is 26.6 Å². The minimum Gasteiger partial charge on any atom is -0.495 e. The van der Waals surface area contributed by atoms with Gasteiger partial charge in [-0.25, -0.2) is 13.1 Å². The van der Waals surface area contributed by atoms with Gasteiger partial charge in [0.25, 0.3) is 0 Å². The number of methoxy groups -OCH3 is 3. The van der Waals surface area contributed by atoms with Gasteiger partial charge in [0, 0.05) is 6.04 Å². The summed E-state index contributed by atoms with van der Waals surface area (Å²) in [6, 6.07) is 9.22. The molecule has 0 aliphatic rings. The molecule has 0 atom stereocenters. The van der Waals surface area contributed by atoms with Crippen LogP contribution >= 0.6 is 0 Å². The van der Waals surface area contributed by atoms with Gasteiger partial charge in [0.05, 0.1) is 38.3 Å². The van der Waals surface area contributed by atoms with Crippen LogP contribution in [0.25, 0.3) is 0 Å². The molecule has 1 amide bonds. The molecular weight excluding hydrogens is 396 g/mol. The van der Waals surface area contributed by atoms with E-state index in [0.29, 0.717) is 22.8 Å². The van der Waals surface area contributed by atoms with Crippen molar-refractivity contribution in [1.82, 2.24) is 4.72 Å². The predicted molar refractivity (Wildman–Crippen MR) is 110 cm³/mol. The Kier molecular flexibility index (Phi) is 7.46. The highest BCUT2D eigenvalue weighted by Crippen LogP contribution is 2.29. The van der Waals surface area contributed by atoms with E-state index in [4.69, 9.17) is 14.2 Å². The number of benzene rings is 2. The summed E-state index contributed by atoms with van der Waals surface area (Å²) < 4.78 is 43.0. The second-order valence-electron chi connectivity index (χ2n) is 6.55. The molecule has 2 N–H and O–H groups in total. The van der Waals surface area contributed by atoms with Crippen molar-refractivity contribution in [2.24, 2.45) is 0 Å². The number of nitrogens with one attached hydrogen (secondary N) is 2. The Labute approximate surface area is 171 Å². The molecule has 0 aliphatic heterocycles. The lowest BCUT2D eigenvalue weighted by Crippen LogP contribution is -2.30. The van der Waals surface area contributed by atoms with Crippen LogP contribution in [0.4, 0.5) is 5.69 Å². The Morgan fingerprint density at radius 1 is 0.931 bits per heavy atom. The van der Waals surface area contributed by atoms with E-state index in [0.717, 1.165) is 0 Å². The second kappa shape index (κ2) is 9.62. The lowest BCUT2D eigenvalue weighted by atomic mass is 10.1. The zero-order chi connectivity index (χ0) is 21.6. The van der Waals surface area contributed by atoms with Crippen molar-refractivity contribution in [3.8, 4) is 17.2 Å². The van der Waals surface area contributed by atoms with Crippen molar-refractivity contribution >= 4 is 21.6 Å². The number of anilines is 1. The quantitative estimate of drug-likeness (QED) is 0.644. The Morgan fingerprint density at radius 2 is 1.55 bits per heavy atom. The molecular formula is C20H26N2O6S. The number of carbonyl (C=O) groups excluding carboxylic acids is 1. The van der Waals surface area contributed by atoms with Crippen molar-refractivity contribution in [3.05, 3.63) is 42.0 Å². The van der Waals surface area contributed by atoms with E-state index in [-0.39, 0.29) is 29.0 Å². The van der Waals surface area contributed by atoms with Gasteiger partial charge in [0.1, 0.15) is 5.75 Å². The molecule has 29 heavy (non-hydrogen) atoms. The van der Waals surface area contributed by atoms with Gasteiger partial charge in [0.2, 0.25) is 15.9 Å². The normalized spacial score (nSPS) is 11.2. The number of amides is 1. The van der Waals surface area contributed by atoms with E-state index in [1.54, 1.807) is 32.0 Å². The maximum Gasteiger partial charge on any atom is 0.240 e. The molecule has 0 unspecified atom stereocenters. The van der Waals surface area contributed by atoms with Gasteiger partial charge in [-0.05, 0) is 49.7 Å². The standard InChI is InChI=1S/C20H26N2O6S/c1-13(2)22-29(24,25)15-7-9-17(26-3)16(12-15)21-20(23)11-14-6-8-18(27-4)19(10-14)28-5/h6-10,12-13,22H,11H2,1-5H3,(H,21,23). The highest BCUT2D eigenvalue weighted by atomic mass is 32.2. The van der Waals surface area contributed by atoms with Gasteiger partial charge < -0.3 is 19.5 Å². The first-order valence-electron chi connectivity index (χ1n) is 8.91. The summed E-state index contributed by atoms with van der Waals surface area (Å²) >= 11 is 0. The topological polar surface area (TPSA) is 103 Å². The van der Waals surface area contributed by atoms with E-state index in [1.165, 1.54) is 39.5 Å². The maximum atomic E-state index is 12.5. The zero-order valence-corrected chi connectivity index (χ0v) is 17.9. The number of hydrogen-bond donors (Lipinski definition) is 2. The largest absolute Gasteiger partial charge is 0.495 e. The first-order valence-corrected chi connectivity index (χ1v) is 10.4. The molecule has 0 heterocycles. The van der Waals surface area contributed by atoms with Crippen LogP contribution in [0, 0.1) is 0 Å². The number of ether oxygens (including phenoxy) is 3. The summed E-state index contributed by atoms with van der Waals surface area (Å²) in [5, 5.41) is 2.71. The lowest BCUT2D eigenvalue weighted by molar-refractivity contribution is -0.115. The molecule has 0 bridgehead atoms. The molecule has 8 nitrogen and oxygen atoms in total. The van der Waals surface area contributed by atoms with Crippen LogP contribution in [0.2, 0.25) is 0 Å². The predicted octanol–water partition coefficient (Wildman–Crippen LogP) is 2.58. The third kappa shape index (κ3) is 5.85. The van der Waals surface area contributed by atoms with Crippen LogP contribution in [0.3, 0.4) is 0 Å². The molecule has 2 rings (SSSR count). The number of hydrogen-bond acceptors (Lipinski definition) is 6. The molecule has 0 saturated carbocycles. The third-order valence-electron chi connectivity index (χ3n) is 3.96. The molecule has 158 valence electrons. The molecule has 0 saturated heterocycles. The summed E-state index contributed by atoms with van der Waals surface area (Å²) in [7, 11) is 0.790. The molecule has 0 fully saturated rings. The smallest absolute Gasteiger partial charge is 0.240 e. The summed E-state index contributed by atoms with van der Waals surface area (Å²) in [6.45, 7) is 3.46. The Morgan fingerprint density at radius 3 is 2.14 bits per heavy atom. The summed E-state index contributed by atoms with van der Waals surface area (Å²) in [5.41, 5.74) is 0.981. The lowest BCUT2D eigenvalue weighted by Gasteiger charge is -2.14. The minimum atomic E-state index is -3.71. The van der Waals surface area contributed by atoms with Gasteiger partial charge in [-0.1, -0.05) is 6.07 Å². The minimum absolute atomic E-state index is 0.0356. The van der Waals surface area contributed by atoms with Crippen LogP contribution in [-0.4, -0.2) is 41.7 Å². The molecule has 2 aromatic carbocycles. The molecule has 9 heteroatoms. The van der Waals surface area contributed by atoms with E-state index in [9.17, 15) is 13.2 Å². The highest BCUT2D eigenvalue weighted by Gasteiger charge is 2.19. The SMILES string of the molecule is COc1ccc(S(=O)(=O)NC(C)C)cc1NC(=O)Cc1ccc(OC)c(OC)c1. The monoisotopic (exact) mass is 422 g/mol. The van der Waals surface area contributed by atoms with E-state index < -0.39 is 10.0 Å². The van der Waals surface area contributed by atoms with Crippen LogP contribution < -0.4 is 24.2 Å². The van der Waals surface area contributed by atoms with Gasteiger partial charge in [-0.2, -0.15) is 0 Å². The Hall–Kier alpha value is -2.78. The van der Waals surface area contributed by atoms with Gasteiger partial charge in [-0.3, -0.25) is 4.79 Å². The van der Waals surface area contributed by atoms with E-state index in [2.05, 4.69) is 10.0 Å². The molecule has 2 aromatic rings. The average molecular weight is 423 g/mol. The van der Waals surface area contributed by atoms with Gasteiger partial charge in [0.15, 0.2) is 11.5 Å². The summed E-state index contributed by atoms with van der Waals surface area (Å²) in [6.07, 6.45) is 0.0602. The number of sulfonamides is 1. The Bertz CT molecular complexity index is 973. The van der Waals surface area contributed by atoms with E-state index in [1.807, 2.05) is 0 Å². The maximum absolute atomic E-state index is 12.5. The molecule has 0 spiro atoms. The molecule has 0 aliphatic carbocycles. The number of rotatable bonds is 9. The fourth-order valence-corrected chi connectivity index (χ4v) is 3.98. The van der Waals surface area contributed by atoms with Crippen LogP contribution in [0.5, 0.6) is 17.2 Å². The van der Waals surface area contributed by atoms with Crippen molar-refractivity contribution < 1.29 is 27.4 Å². The van der Waals surface area contributed by atoms with Crippen molar-refractivity contribution in [2.45, 2.75) is 31.2 Å². The highest BCUT2D eigenvalue weighted by molar-refractivity contribution is 7.89. The fraction of sp³-hybridized carbons (Fsp3) is 0.350. The molecule has 0 aromatic heterocycles. The average Bonchev–Trinajstić information content (AvgIpc) is 2.66. The zero-order valence-electron chi connectivity index (χ0n) is 17.1. The van der Waals surface area contributed by atoms with Crippen LogP contribution in [0.15, 0.2) is 41.3 Å². The summed E-state index contributed by atoms with van der Waals surface area (Å²) in [5.74, 6) is 1.10. The third-order valence-corrected chi connectivity index (χ3v) is 5.62. The van der Waals surface area contributed by atoms with Gasteiger partial charge >= 0.3 is 0 Å². The Balaban J connectivity index is 2.24. The van der Waals surface area contributed by atoms with Gasteiger partial charge in [-0.15, -0.1) is 0 Å². The first kappa shape index (κ1) is 22.5. The van der Waals surface area contributed by atoms with Crippen molar-refractivity contribution in [3.63, 3.8) is 0 Å². The summed E-state index contributed by atoms with van der Waals surface area (Å²) in [4.78, 5) is 12.6.